The van der Waals surface area contributed by atoms with E-state index in [2.05, 4.69) is 10.3 Å². The van der Waals surface area contributed by atoms with Crippen molar-refractivity contribution in [1.29, 1.82) is 5.26 Å². The standard InChI is InChI=1S/C17H15N3O2/c1-11(20-16-7-6-12(9-18)10-19-16)15-8-13-4-3-5-14(21-2)17(13)22-15/h3-8,10-11H,1-2H3,(H,19,20). The lowest BCUT2D eigenvalue weighted by Crippen LogP contribution is -2.06. The topological polar surface area (TPSA) is 71.1 Å². The highest BCUT2D eigenvalue weighted by atomic mass is 16.5. The second-order valence-corrected chi connectivity index (χ2v) is 4.94. The van der Waals surface area contributed by atoms with Gasteiger partial charge in [-0.2, -0.15) is 5.26 Å². The average molecular weight is 293 g/mol. The van der Waals surface area contributed by atoms with E-state index in [1.54, 1.807) is 19.2 Å². The van der Waals surface area contributed by atoms with Gasteiger partial charge in [-0.1, -0.05) is 12.1 Å². The molecule has 0 fully saturated rings. The molecular formula is C17H15N3O2. The van der Waals surface area contributed by atoms with E-state index in [0.29, 0.717) is 17.1 Å². The van der Waals surface area contributed by atoms with Gasteiger partial charge < -0.3 is 14.5 Å². The van der Waals surface area contributed by atoms with E-state index < -0.39 is 0 Å². The zero-order valence-corrected chi connectivity index (χ0v) is 12.3. The van der Waals surface area contributed by atoms with E-state index in [4.69, 9.17) is 14.4 Å². The monoisotopic (exact) mass is 293 g/mol. The van der Waals surface area contributed by atoms with Crippen LogP contribution in [0, 0.1) is 11.3 Å². The SMILES string of the molecule is COc1cccc2cc(C(C)Nc3ccc(C#N)cn3)oc12. The summed E-state index contributed by atoms with van der Waals surface area (Å²) in [5.41, 5.74) is 1.27. The Hall–Kier alpha value is -3.00. The number of rotatable bonds is 4. The van der Waals surface area contributed by atoms with Crippen molar-refractivity contribution in [3.63, 3.8) is 0 Å². The Morgan fingerprint density at radius 1 is 1.32 bits per heavy atom. The number of nitrogens with zero attached hydrogens (tertiary/aromatic N) is 2. The predicted molar refractivity (Wildman–Crippen MR) is 83.8 cm³/mol. The maximum atomic E-state index is 8.78. The van der Waals surface area contributed by atoms with Crippen LogP contribution in [0.2, 0.25) is 0 Å². The summed E-state index contributed by atoms with van der Waals surface area (Å²) >= 11 is 0. The molecule has 0 aliphatic rings. The maximum Gasteiger partial charge on any atom is 0.176 e. The fourth-order valence-corrected chi connectivity index (χ4v) is 2.27. The van der Waals surface area contributed by atoms with Crippen molar-refractivity contribution < 1.29 is 9.15 Å². The van der Waals surface area contributed by atoms with Gasteiger partial charge in [0.05, 0.1) is 18.7 Å². The number of pyridine rings is 1. The van der Waals surface area contributed by atoms with Crippen LogP contribution < -0.4 is 10.1 Å². The minimum atomic E-state index is -0.0578. The molecule has 0 saturated carbocycles. The van der Waals surface area contributed by atoms with E-state index in [1.165, 1.54) is 6.20 Å². The smallest absolute Gasteiger partial charge is 0.176 e. The number of hydrogen-bond donors (Lipinski definition) is 1. The van der Waals surface area contributed by atoms with Gasteiger partial charge in [-0.3, -0.25) is 0 Å². The third kappa shape index (κ3) is 2.59. The van der Waals surface area contributed by atoms with Crippen molar-refractivity contribution in [1.82, 2.24) is 4.98 Å². The molecule has 3 aromatic rings. The second kappa shape index (κ2) is 5.78. The van der Waals surface area contributed by atoms with Gasteiger partial charge in [-0.05, 0) is 31.2 Å². The van der Waals surface area contributed by atoms with Crippen molar-refractivity contribution in [3.05, 3.63) is 53.9 Å². The van der Waals surface area contributed by atoms with Crippen molar-refractivity contribution >= 4 is 16.8 Å². The molecule has 110 valence electrons. The van der Waals surface area contributed by atoms with Crippen LogP contribution in [0.3, 0.4) is 0 Å². The van der Waals surface area contributed by atoms with E-state index in [0.717, 1.165) is 16.7 Å². The summed E-state index contributed by atoms with van der Waals surface area (Å²) in [4.78, 5) is 4.20. The Morgan fingerprint density at radius 2 is 2.18 bits per heavy atom. The number of hydrogen-bond acceptors (Lipinski definition) is 5. The zero-order valence-electron chi connectivity index (χ0n) is 12.3. The fraction of sp³-hybridized carbons (Fsp3) is 0.176. The first-order chi connectivity index (χ1) is 10.7. The molecule has 1 N–H and O–H groups in total. The van der Waals surface area contributed by atoms with Crippen LogP contribution in [0.5, 0.6) is 5.75 Å². The maximum absolute atomic E-state index is 8.78. The summed E-state index contributed by atoms with van der Waals surface area (Å²) < 4.78 is 11.2. The summed E-state index contributed by atoms with van der Waals surface area (Å²) in [5, 5.41) is 13.0. The number of aromatic nitrogens is 1. The van der Waals surface area contributed by atoms with E-state index in [-0.39, 0.29) is 6.04 Å². The Bertz CT molecular complexity index is 831. The third-order valence-corrected chi connectivity index (χ3v) is 3.43. The average Bonchev–Trinajstić information content (AvgIpc) is 2.99. The Balaban J connectivity index is 1.85. The molecule has 1 aromatic carbocycles. The lowest BCUT2D eigenvalue weighted by atomic mass is 10.2. The van der Waals surface area contributed by atoms with Crippen molar-refractivity contribution in [2.24, 2.45) is 0 Å². The minimum Gasteiger partial charge on any atom is -0.493 e. The molecule has 0 aliphatic carbocycles. The fourth-order valence-electron chi connectivity index (χ4n) is 2.27. The van der Waals surface area contributed by atoms with Gasteiger partial charge in [0.2, 0.25) is 0 Å². The van der Waals surface area contributed by atoms with Crippen molar-refractivity contribution in [3.8, 4) is 11.8 Å². The van der Waals surface area contributed by atoms with Gasteiger partial charge in [0.25, 0.3) is 0 Å². The summed E-state index contributed by atoms with van der Waals surface area (Å²) in [6, 6.07) is 13.3. The molecule has 0 radical (unpaired) electrons. The Labute approximate surface area is 128 Å². The molecule has 5 heteroatoms. The van der Waals surface area contributed by atoms with Crippen LogP contribution in [0.15, 0.2) is 47.0 Å². The number of benzene rings is 1. The normalized spacial score (nSPS) is 11.9. The molecule has 1 atom stereocenters. The first-order valence-corrected chi connectivity index (χ1v) is 6.90. The van der Waals surface area contributed by atoms with Gasteiger partial charge in [0.15, 0.2) is 11.3 Å². The molecule has 0 spiro atoms. The van der Waals surface area contributed by atoms with Crippen LogP contribution in [0.1, 0.15) is 24.3 Å². The molecule has 0 saturated heterocycles. The molecule has 2 aromatic heterocycles. The number of methoxy groups -OCH3 is 1. The number of anilines is 1. The van der Waals surface area contributed by atoms with Gasteiger partial charge in [-0.25, -0.2) is 4.98 Å². The highest BCUT2D eigenvalue weighted by Crippen LogP contribution is 2.31. The summed E-state index contributed by atoms with van der Waals surface area (Å²) in [7, 11) is 1.62. The number of para-hydroxylation sites is 1. The van der Waals surface area contributed by atoms with Gasteiger partial charge in [0.1, 0.15) is 17.6 Å². The Morgan fingerprint density at radius 3 is 2.86 bits per heavy atom. The van der Waals surface area contributed by atoms with Crippen molar-refractivity contribution in [2.75, 3.05) is 12.4 Å². The van der Waals surface area contributed by atoms with E-state index in [9.17, 15) is 0 Å². The molecule has 2 heterocycles. The lowest BCUT2D eigenvalue weighted by Gasteiger charge is -2.11. The number of nitriles is 1. The van der Waals surface area contributed by atoms with Crippen LogP contribution in [0.4, 0.5) is 5.82 Å². The first-order valence-electron chi connectivity index (χ1n) is 6.90. The van der Waals surface area contributed by atoms with E-state index in [1.807, 2.05) is 37.3 Å². The zero-order chi connectivity index (χ0) is 15.5. The Kier molecular flexibility index (Phi) is 3.67. The number of fused-ring (bicyclic) bond motifs is 1. The first kappa shape index (κ1) is 14.0. The van der Waals surface area contributed by atoms with Crippen LogP contribution in [-0.2, 0) is 0 Å². The molecule has 22 heavy (non-hydrogen) atoms. The summed E-state index contributed by atoms with van der Waals surface area (Å²) in [5.74, 6) is 2.21. The van der Waals surface area contributed by atoms with Crippen molar-refractivity contribution in [2.45, 2.75) is 13.0 Å². The quantitative estimate of drug-likeness (QED) is 0.790. The van der Waals surface area contributed by atoms with Crippen LogP contribution in [-0.4, -0.2) is 12.1 Å². The molecule has 0 bridgehead atoms. The molecule has 1 unspecified atom stereocenters. The molecular weight excluding hydrogens is 278 g/mol. The lowest BCUT2D eigenvalue weighted by molar-refractivity contribution is 0.406. The number of furan rings is 1. The van der Waals surface area contributed by atoms with Gasteiger partial charge >= 0.3 is 0 Å². The molecule has 5 nitrogen and oxygen atoms in total. The highest BCUT2D eigenvalue weighted by molar-refractivity contribution is 5.83. The largest absolute Gasteiger partial charge is 0.493 e. The predicted octanol–water partition coefficient (Wildman–Crippen LogP) is 3.88. The van der Waals surface area contributed by atoms with Gasteiger partial charge in [0, 0.05) is 11.6 Å². The van der Waals surface area contributed by atoms with Gasteiger partial charge in [-0.15, -0.1) is 0 Å². The summed E-state index contributed by atoms with van der Waals surface area (Å²) in [6.45, 7) is 1.99. The summed E-state index contributed by atoms with van der Waals surface area (Å²) in [6.07, 6.45) is 1.54. The van der Waals surface area contributed by atoms with E-state index >= 15 is 0 Å². The second-order valence-electron chi connectivity index (χ2n) is 4.94. The highest BCUT2D eigenvalue weighted by Gasteiger charge is 2.14. The molecule has 0 aliphatic heterocycles. The molecule has 3 rings (SSSR count). The molecule has 0 amide bonds. The number of nitrogens with one attached hydrogen (secondary N) is 1. The van der Waals surface area contributed by atoms with Crippen LogP contribution >= 0.6 is 0 Å². The minimum absolute atomic E-state index is 0.0578. The van der Waals surface area contributed by atoms with Crippen LogP contribution in [0.25, 0.3) is 11.0 Å². The third-order valence-electron chi connectivity index (χ3n) is 3.43. The number of ether oxygens (including phenoxy) is 1.